The molecule has 4 nitrogen and oxygen atoms in total. The summed E-state index contributed by atoms with van der Waals surface area (Å²) < 4.78 is 0. The number of rotatable bonds is 5. The second-order valence-corrected chi connectivity index (χ2v) is 7.20. The Morgan fingerprint density at radius 2 is 1.44 bits per heavy atom. The summed E-state index contributed by atoms with van der Waals surface area (Å²) >= 11 is 5.93. The largest absolute Gasteiger partial charge is 0.326 e. The summed E-state index contributed by atoms with van der Waals surface area (Å²) in [6.07, 6.45) is 1.67. The molecule has 0 bridgehead atoms. The lowest BCUT2D eigenvalue weighted by Crippen LogP contribution is -2.27. The van der Waals surface area contributed by atoms with Gasteiger partial charge in [-0.1, -0.05) is 37.6 Å². The molecule has 2 aromatic carbocycles. The molecule has 0 atom stereocenters. The van der Waals surface area contributed by atoms with Crippen LogP contribution in [-0.2, 0) is 15.0 Å². The van der Waals surface area contributed by atoms with E-state index in [9.17, 15) is 9.59 Å². The molecule has 2 aromatic rings. The Hall–Kier alpha value is -2.33. The zero-order valence-electron chi connectivity index (χ0n) is 14.3. The van der Waals surface area contributed by atoms with Gasteiger partial charge in [-0.15, -0.1) is 0 Å². The number of carbonyl (C=O) groups excluding carboxylic acids is 2. The predicted molar refractivity (Wildman–Crippen MR) is 101 cm³/mol. The zero-order chi connectivity index (χ0) is 18.0. The Bertz CT molecular complexity index is 778. The Balaban J connectivity index is 1.67. The van der Waals surface area contributed by atoms with Gasteiger partial charge < -0.3 is 10.6 Å². The fraction of sp³-hybridized carbons (Fsp3) is 0.300. The molecule has 1 fully saturated rings. The molecular weight excluding hydrogens is 336 g/mol. The summed E-state index contributed by atoms with van der Waals surface area (Å²) in [7, 11) is 0. The van der Waals surface area contributed by atoms with Crippen LogP contribution in [-0.4, -0.2) is 11.8 Å². The third kappa shape index (κ3) is 3.85. The van der Waals surface area contributed by atoms with E-state index in [1.165, 1.54) is 0 Å². The fourth-order valence-corrected chi connectivity index (χ4v) is 2.84. The summed E-state index contributed by atoms with van der Waals surface area (Å²) in [5, 5.41) is 6.47. The van der Waals surface area contributed by atoms with Crippen LogP contribution in [0.2, 0.25) is 5.02 Å². The first kappa shape index (κ1) is 17.5. The minimum atomic E-state index is -0.449. The van der Waals surface area contributed by atoms with Gasteiger partial charge in [0.15, 0.2) is 0 Å². The molecule has 25 heavy (non-hydrogen) atoms. The average molecular weight is 357 g/mol. The minimum absolute atomic E-state index is 0.00575. The number of anilines is 2. The van der Waals surface area contributed by atoms with E-state index in [0.29, 0.717) is 10.7 Å². The van der Waals surface area contributed by atoms with Crippen LogP contribution < -0.4 is 10.6 Å². The van der Waals surface area contributed by atoms with Crippen molar-refractivity contribution < 1.29 is 9.59 Å². The lowest BCUT2D eigenvalue weighted by Gasteiger charge is -2.16. The first-order valence-corrected chi connectivity index (χ1v) is 8.77. The van der Waals surface area contributed by atoms with Crippen LogP contribution in [0.15, 0.2) is 48.5 Å². The number of hydrogen-bond acceptors (Lipinski definition) is 2. The maximum atomic E-state index is 12.7. The van der Waals surface area contributed by atoms with Gasteiger partial charge in [-0.05, 0) is 54.8 Å². The van der Waals surface area contributed by atoms with Crippen molar-refractivity contribution in [3.63, 3.8) is 0 Å². The monoisotopic (exact) mass is 356 g/mol. The molecule has 3 rings (SSSR count). The third-order valence-electron chi connectivity index (χ3n) is 4.52. The Kier molecular flexibility index (Phi) is 4.82. The van der Waals surface area contributed by atoms with Gasteiger partial charge in [0.1, 0.15) is 0 Å². The fourth-order valence-electron chi connectivity index (χ4n) is 2.71. The molecule has 0 heterocycles. The maximum absolute atomic E-state index is 12.7. The minimum Gasteiger partial charge on any atom is -0.326 e. The van der Waals surface area contributed by atoms with Gasteiger partial charge in [0.25, 0.3) is 0 Å². The summed E-state index contributed by atoms with van der Waals surface area (Å²) in [5.74, 6) is -0.112. The molecule has 0 radical (unpaired) electrons. The molecule has 130 valence electrons. The SMILES string of the molecule is CC(C)C(=O)Nc1ccc(NC(=O)C2(c3ccc(Cl)cc3)CC2)cc1. The normalized spacial score (nSPS) is 14.9. The van der Waals surface area contributed by atoms with Crippen LogP contribution >= 0.6 is 11.6 Å². The lowest BCUT2D eigenvalue weighted by atomic mass is 9.95. The zero-order valence-corrected chi connectivity index (χ0v) is 15.1. The van der Waals surface area contributed by atoms with E-state index in [-0.39, 0.29) is 17.7 Å². The van der Waals surface area contributed by atoms with Crippen LogP contribution in [0.4, 0.5) is 11.4 Å². The topological polar surface area (TPSA) is 58.2 Å². The van der Waals surface area contributed by atoms with Crippen LogP contribution in [0.25, 0.3) is 0 Å². The van der Waals surface area contributed by atoms with Crippen molar-refractivity contribution in [2.75, 3.05) is 10.6 Å². The molecule has 2 amide bonds. The van der Waals surface area contributed by atoms with E-state index in [1.807, 2.05) is 38.1 Å². The van der Waals surface area contributed by atoms with E-state index in [0.717, 1.165) is 24.1 Å². The molecular formula is C20H21ClN2O2. The predicted octanol–water partition coefficient (Wildman–Crippen LogP) is 4.60. The Morgan fingerprint density at radius 1 is 0.920 bits per heavy atom. The molecule has 0 aliphatic heterocycles. The quantitative estimate of drug-likeness (QED) is 0.822. The number of hydrogen-bond donors (Lipinski definition) is 2. The van der Waals surface area contributed by atoms with E-state index in [1.54, 1.807) is 24.3 Å². The van der Waals surface area contributed by atoms with Gasteiger partial charge in [-0.3, -0.25) is 9.59 Å². The summed E-state index contributed by atoms with van der Waals surface area (Å²) in [6, 6.07) is 14.6. The molecule has 2 N–H and O–H groups in total. The molecule has 0 saturated heterocycles. The van der Waals surface area contributed by atoms with Gasteiger partial charge in [0, 0.05) is 22.3 Å². The summed E-state index contributed by atoms with van der Waals surface area (Å²) in [4.78, 5) is 24.4. The van der Waals surface area contributed by atoms with Gasteiger partial charge in [0.05, 0.1) is 5.41 Å². The van der Waals surface area contributed by atoms with Crippen molar-refractivity contribution in [3.05, 3.63) is 59.1 Å². The van der Waals surface area contributed by atoms with E-state index in [4.69, 9.17) is 11.6 Å². The number of amides is 2. The molecule has 1 aliphatic carbocycles. The van der Waals surface area contributed by atoms with Crippen molar-refractivity contribution in [2.45, 2.75) is 32.1 Å². The highest BCUT2D eigenvalue weighted by atomic mass is 35.5. The van der Waals surface area contributed by atoms with Crippen molar-refractivity contribution >= 4 is 34.8 Å². The molecule has 1 aliphatic rings. The number of benzene rings is 2. The van der Waals surface area contributed by atoms with Gasteiger partial charge in [-0.2, -0.15) is 0 Å². The van der Waals surface area contributed by atoms with Gasteiger partial charge >= 0.3 is 0 Å². The maximum Gasteiger partial charge on any atom is 0.235 e. The highest BCUT2D eigenvalue weighted by molar-refractivity contribution is 6.30. The average Bonchev–Trinajstić information content (AvgIpc) is 3.39. The van der Waals surface area contributed by atoms with Gasteiger partial charge in [-0.25, -0.2) is 0 Å². The second kappa shape index (κ2) is 6.89. The third-order valence-corrected chi connectivity index (χ3v) is 4.77. The molecule has 1 saturated carbocycles. The van der Waals surface area contributed by atoms with Crippen molar-refractivity contribution in [1.82, 2.24) is 0 Å². The lowest BCUT2D eigenvalue weighted by molar-refractivity contribution is -0.119. The van der Waals surface area contributed by atoms with E-state index in [2.05, 4.69) is 10.6 Å². The first-order chi connectivity index (χ1) is 11.9. The number of nitrogens with one attached hydrogen (secondary N) is 2. The molecule has 0 spiro atoms. The van der Waals surface area contributed by atoms with Crippen molar-refractivity contribution in [3.8, 4) is 0 Å². The number of halogens is 1. The van der Waals surface area contributed by atoms with Gasteiger partial charge in [0.2, 0.25) is 11.8 Å². The van der Waals surface area contributed by atoms with Crippen LogP contribution in [0.1, 0.15) is 32.3 Å². The summed E-state index contributed by atoms with van der Waals surface area (Å²) in [5.41, 5.74) is 1.98. The Labute approximate surface area is 152 Å². The molecule has 0 aromatic heterocycles. The first-order valence-electron chi connectivity index (χ1n) is 8.39. The molecule has 0 unspecified atom stereocenters. The Morgan fingerprint density at radius 3 is 1.92 bits per heavy atom. The van der Waals surface area contributed by atoms with Crippen molar-refractivity contribution in [2.24, 2.45) is 5.92 Å². The highest BCUT2D eigenvalue weighted by Gasteiger charge is 2.51. The van der Waals surface area contributed by atoms with Crippen LogP contribution in [0.3, 0.4) is 0 Å². The standard InChI is InChI=1S/C20H21ClN2O2/c1-13(2)18(24)22-16-7-9-17(10-8-16)23-19(25)20(11-12-20)14-3-5-15(21)6-4-14/h3-10,13H,11-12H2,1-2H3,(H,22,24)(H,23,25). The number of carbonyl (C=O) groups is 2. The smallest absolute Gasteiger partial charge is 0.235 e. The molecule has 5 heteroatoms. The van der Waals surface area contributed by atoms with E-state index >= 15 is 0 Å². The summed E-state index contributed by atoms with van der Waals surface area (Å²) in [6.45, 7) is 3.69. The highest BCUT2D eigenvalue weighted by Crippen LogP contribution is 2.49. The van der Waals surface area contributed by atoms with Crippen molar-refractivity contribution in [1.29, 1.82) is 0 Å². The second-order valence-electron chi connectivity index (χ2n) is 6.76. The van der Waals surface area contributed by atoms with Crippen LogP contribution in [0, 0.1) is 5.92 Å². The van der Waals surface area contributed by atoms with E-state index < -0.39 is 5.41 Å². The van der Waals surface area contributed by atoms with Crippen LogP contribution in [0.5, 0.6) is 0 Å².